The van der Waals surface area contributed by atoms with Crippen LogP contribution in [-0.4, -0.2) is 15.7 Å². The minimum Gasteiger partial charge on any atom is -0.307 e. The van der Waals surface area contributed by atoms with Gasteiger partial charge in [0.1, 0.15) is 0 Å². The van der Waals surface area contributed by atoms with Crippen LogP contribution < -0.4 is 0 Å². The van der Waals surface area contributed by atoms with E-state index in [4.69, 9.17) is 0 Å². The van der Waals surface area contributed by atoms with Crippen LogP contribution in [0.1, 0.15) is 51.3 Å². The molecule has 232 valence electrons. The highest BCUT2D eigenvalue weighted by Gasteiger charge is 2.47. The standard InChI is InChI=1S/C37H32F6N2/c1-34(2,3)28-19-24(18-23-11-9-10-14-26(23)28)32-33-31(29(21-44-32)36(38,39)40)27-16-15-22(20-35(4,5)37(41,42)43)17-30(27)45(33)25-12-7-6-8-13-25/h6-19,21H,20H2,1-5H3. The van der Waals surface area contributed by atoms with Gasteiger partial charge in [-0.05, 0) is 64.1 Å². The molecular weight excluding hydrogens is 586 g/mol. The molecule has 0 aliphatic heterocycles. The second-order valence-corrected chi connectivity index (χ2v) is 13.3. The van der Waals surface area contributed by atoms with E-state index in [0.717, 1.165) is 36.4 Å². The number of aromatic nitrogens is 2. The van der Waals surface area contributed by atoms with Gasteiger partial charge in [-0.2, -0.15) is 26.3 Å². The van der Waals surface area contributed by atoms with E-state index in [-0.39, 0.29) is 28.1 Å². The van der Waals surface area contributed by atoms with Crippen LogP contribution in [0.3, 0.4) is 0 Å². The Balaban J connectivity index is 1.77. The normalized spacial score (nSPS) is 13.3. The molecule has 0 N–H and O–H groups in total. The highest BCUT2D eigenvalue weighted by atomic mass is 19.4. The average molecular weight is 619 g/mol. The van der Waals surface area contributed by atoms with Crippen LogP contribution in [0.5, 0.6) is 0 Å². The predicted octanol–water partition coefficient (Wildman–Crippen LogP) is 11.4. The molecule has 2 heterocycles. The van der Waals surface area contributed by atoms with Gasteiger partial charge in [-0.25, -0.2) is 0 Å². The van der Waals surface area contributed by atoms with E-state index in [1.807, 2.05) is 36.4 Å². The third-order valence-corrected chi connectivity index (χ3v) is 8.53. The van der Waals surface area contributed by atoms with Crippen molar-refractivity contribution in [1.29, 1.82) is 0 Å². The van der Waals surface area contributed by atoms with Crippen LogP contribution >= 0.6 is 0 Å². The van der Waals surface area contributed by atoms with Crippen molar-refractivity contribution in [3.63, 3.8) is 0 Å². The monoisotopic (exact) mass is 618 g/mol. The minimum absolute atomic E-state index is 0.0431. The van der Waals surface area contributed by atoms with Gasteiger partial charge in [-0.15, -0.1) is 0 Å². The van der Waals surface area contributed by atoms with Gasteiger partial charge in [0.25, 0.3) is 0 Å². The number of fused-ring (bicyclic) bond motifs is 4. The maximum atomic E-state index is 14.7. The van der Waals surface area contributed by atoms with E-state index in [1.165, 1.54) is 12.1 Å². The molecule has 0 unspecified atom stereocenters. The van der Waals surface area contributed by atoms with Crippen molar-refractivity contribution >= 4 is 32.6 Å². The second-order valence-electron chi connectivity index (χ2n) is 13.3. The van der Waals surface area contributed by atoms with Crippen LogP contribution in [-0.2, 0) is 18.0 Å². The second kappa shape index (κ2) is 10.4. The molecule has 0 fully saturated rings. The molecule has 2 nitrogen and oxygen atoms in total. The SMILES string of the molecule is CC(C)(C)c1cc(-c2ncc(C(F)(F)F)c3c4ccc(CC(C)(C)C(F)(F)F)cc4n(-c4ccccc4)c23)cc2ccccc12. The first-order valence-electron chi connectivity index (χ1n) is 14.7. The van der Waals surface area contributed by atoms with Crippen LogP contribution in [0, 0.1) is 5.41 Å². The number of alkyl halides is 6. The van der Waals surface area contributed by atoms with Crippen LogP contribution in [0.15, 0.2) is 91.1 Å². The quantitative estimate of drug-likeness (QED) is 0.180. The van der Waals surface area contributed by atoms with Crippen LogP contribution in [0.2, 0.25) is 0 Å². The van der Waals surface area contributed by atoms with Crippen LogP contribution in [0.4, 0.5) is 26.3 Å². The first-order valence-corrected chi connectivity index (χ1v) is 14.7. The van der Waals surface area contributed by atoms with Crippen molar-refractivity contribution in [1.82, 2.24) is 9.55 Å². The molecule has 2 aromatic heterocycles. The number of hydrogen-bond acceptors (Lipinski definition) is 1. The van der Waals surface area contributed by atoms with E-state index < -0.39 is 23.3 Å². The molecule has 0 saturated carbocycles. The maximum Gasteiger partial charge on any atom is 0.418 e. The lowest BCUT2D eigenvalue weighted by molar-refractivity contribution is -0.211. The number of hydrogen-bond donors (Lipinski definition) is 0. The fraction of sp³-hybridized carbons (Fsp3) is 0.270. The Labute approximate surface area is 257 Å². The van der Waals surface area contributed by atoms with Gasteiger partial charge < -0.3 is 4.57 Å². The van der Waals surface area contributed by atoms with Crippen molar-refractivity contribution in [2.24, 2.45) is 5.41 Å². The third kappa shape index (κ3) is 5.34. The number of rotatable bonds is 4. The summed E-state index contributed by atoms with van der Waals surface area (Å²) in [6.07, 6.45) is -8.65. The lowest BCUT2D eigenvalue weighted by atomic mass is 9.82. The third-order valence-electron chi connectivity index (χ3n) is 8.53. The number of halogens is 6. The van der Waals surface area contributed by atoms with Gasteiger partial charge in [0.15, 0.2) is 0 Å². The van der Waals surface area contributed by atoms with Gasteiger partial charge >= 0.3 is 12.4 Å². The fourth-order valence-electron chi connectivity index (χ4n) is 6.14. The molecule has 0 aliphatic rings. The lowest BCUT2D eigenvalue weighted by Gasteiger charge is -2.27. The lowest BCUT2D eigenvalue weighted by Crippen LogP contribution is -2.34. The van der Waals surface area contributed by atoms with E-state index in [2.05, 4.69) is 25.8 Å². The zero-order valence-corrected chi connectivity index (χ0v) is 25.5. The van der Waals surface area contributed by atoms with Gasteiger partial charge in [0.05, 0.1) is 27.7 Å². The molecule has 0 atom stereocenters. The summed E-state index contributed by atoms with van der Waals surface area (Å²) < 4.78 is 87.3. The van der Waals surface area contributed by atoms with Crippen molar-refractivity contribution in [2.75, 3.05) is 0 Å². The highest BCUT2D eigenvalue weighted by Crippen LogP contribution is 2.46. The summed E-state index contributed by atoms with van der Waals surface area (Å²) in [7, 11) is 0. The highest BCUT2D eigenvalue weighted by molar-refractivity contribution is 6.15. The smallest absolute Gasteiger partial charge is 0.307 e. The van der Waals surface area contributed by atoms with E-state index in [1.54, 1.807) is 41.0 Å². The molecule has 0 saturated heterocycles. The predicted molar refractivity (Wildman–Crippen MR) is 169 cm³/mol. The molecule has 45 heavy (non-hydrogen) atoms. The molecule has 0 bridgehead atoms. The minimum atomic E-state index is -4.73. The first-order chi connectivity index (χ1) is 21.0. The molecule has 0 aliphatic carbocycles. The van der Waals surface area contributed by atoms with Crippen molar-refractivity contribution in [3.8, 4) is 16.9 Å². The maximum absolute atomic E-state index is 14.7. The van der Waals surface area contributed by atoms with Crippen molar-refractivity contribution in [3.05, 3.63) is 108 Å². The Morgan fingerprint density at radius 1 is 0.689 bits per heavy atom. The summed E-state index contributed by atoms with van der Waals surface area (Å²) in [6.45, 7) is 8.50. The molecule has 6 rings (SSSR count). The topological polar surface area (TPSA) is 17.8 Å². The largest absolute Gasteiger partial charge is 0.418 e. The number of benzene rings is 4. The molecule has 6 aromatic rings. The summed E-state index contributed by atoms with van der Waals surface area (Å²) in [5, 5.41) is 2.21. The molecule has 4 aromatic carbocycles. The van der Waals surface area contributed by atoms with E-state index in [9.17, 15) is 26.3 Å². The number of nitrogens with zero attached hydrogens (tertiary/aromatic N) is 2. The molecule has 0 amide bonds. The fourth-order valence-corrected chi connectivity index (χ4v) is 6.14. The Hall–Kier alpha value is -4.33. The Morgan fingerprint density at radius 3 is 2.00 bits per heavy atom. The molecule has 8 heteroatoms. The average Bonchev–Trinajstić information content (AvgIpc) is 3.29. The van der Waals surface area contributed by atoms with E-state index in [0.29, 0.717) is 28.0 Å². The molecule has 0 spiro atoms. The summed E-state index contributed by atoms with van der Waals surface area (Å²) in [5.41, 5.74) is 0.359. The summed E-state index contributed by atoms with van der Waals surface area (Å²) in [4.78, 5) is 4.48. The summed E-state index contributed by atoms with van der Waals surface area (Å²) >= 11 is 0. The van der Waals surface area contributed by atoms with E-state index >= 15 is 0 Å². The zero-order valence-electron chi connectivity index (χ0n) is 25.5. The van der Waals surface area contributed by atoms with Gasteiger partial charge in [-0.1, -0.05) is 89.2 Å². The van der Waals surface area contributed by atoms with Gasteiger partial charge in [-0.3, -0.25) is 4.98 Å². The first kappa shape index (κ1) is 30.7. The molecular formula is C37H32F6N2. The zero-order chi connectivity index (χ0) is 32.5. The van der Waals surface area contributed by atoms with Gasteiger partial charge in [0, 0.05) is 28.2 Å². The van der Waals surface area contributed by atoms with Gasteiger partial charge in [0.2, 0.25) is 0 Å². The summed E-state index contributed by atoms with van der Waals surface area (Å²) in [6, 6.07) is 25.3. The van der Waals surface area contributed by atoms with Crippen LogP contribution in [0.25, 0.3) is 49.5 Å². The summed E-state index contributed by atoms with van der Waals surface area (Å²) in [5.74, 6) is 0. The van der Waals surface area contributed by atoms with Crippen molar-refractivity contribution < 1.29 is 26.3 Å². The Kier molecular flexibility index (Phi) is 7.06. The number of pyridine rings is 1. The number of para-hydroxylation sites is 1. The Morgan fingerprint density at radius 2 is 1.36 bits per heavy atom. The molecule has 0 radical (unpaired) electrons. The Bertz CT molecular complexity index is 2060. The van der Waals surface area contributed by atoms with Crippen molar-refractivity contribution in [2.45, 2.75) is 58.8 Å².